The molecule has 0 amide bonds. The summed E-state index contributed by atoms with van der Waals surface area (Å²) < 4.78 is 0. The van der Waals surface area contributed by atoms with E-state index in [2.05, 4.69) is 22.9 Å². The topological polar surface area (TPSA) is 6.48 Å². The predicted molar refractivity (Wildman–Crippen MR) is 82.4 cm³/mol. The lowest BCUT2D eigenvalue weighted by Crippen LogP contribution is -2.37. The Morgan fingerprint density at radius 1 is 1.21 bits per heavy atom. The van der Waals surface area contributed by atoms with Crippen LogP contribution in [0.3, 0.4) is 0 Å². The molecule has 19 heavy (non-hydrogen) atoms. The predicted octanol–water partition coefficient (Wildman–Crippen LogP) is 3.75. The largest absolute Gasteiger partial charge is 0.370 e. The molecule has 4 heteroatoms. The molecule has 2 nitrogen and oxygen atoms in total. The lowest BCUT2D eigenvalue weighted by molar-refractivity contribution is 0.254. The van der Waals surface area contributed by atoms with E-state index in [9.17, 15) is 0 Å². The second-order valence-electron chi connectivity index (χ2n) is 5.66. The second-order valence-corrected chi connectivity index (χ2v) is 6.33. The summed E-state index contributed by atoms with van der Waals surface area (Å²) in [5.41, 5.74) is 2.30. The van der Waals surface area contributed by atoms with Gasteiger partial charge in [-0.25, -0.2) is 0 Å². The third-order valence-corrected chi connectivity index (χ3v) is 5.34. The molecule has 0 N–H and O–H groups in total. The van der Waals surface area contributed by atoms with E-state index in [1.165, 1.54) is 24.9 Å². The van der Waals surface area contributed by atoms with Gasteiger partial charge in [0.05, 0.1) is 5.88 Å². The van der Waals surface area contributed by atoms with Crippen molar-refractivity contribution in [3.05, 3.63) is 28.8 Å². The van der Waals surface area contributed by atoms with E-state index in [4.69, 9.17) is 23.2 Å². The van der Waals surface area contributed by atoms with Gasteiger partial charge in [-0.05, 0) is 38.4 Å². The molecule has 1 aromatic rings. The zero-order valence-corrected chi connectivity index (χ0v) is 12.8. The van der Waals surface area contributed by atoms with Gasteiger partial charge in [0, 0.05) is 41.4 Å². The summed E-state index contributed by atoms with van der Waals surface area (Å²) in [5, 5.41) is 0.787. The van der Waals surface area contributed by atoms with E-state index in [0.29, 0.717) is 11.9 Å². The van der Waals surface area contributed by atoms with Gasteiger partial charge >= 0.3 is 0 Å². The fourth-order valence-electron chi connectivity index (χ4n) is 3.50. The number of fused-ring (bicyclic) bond motifs is 2. The van der Waals surface area contributed by atoms with E-state index < -0.39 is 0 Å². The van der Waals surface area contributed by atoms with Crippen LogP contribution in [0, 0.1) is 0 Å². The Morgan fingerprint density at radius 2 is 2.00 bits per heavy atom. The number of likely N-dealkylation sites (N-methyl/N-ethyl adjacent to an activating group) is 1. The highest BCUT2D eigenvalue weighted by Crippen LogP contribution is 2.34. The summed E-state index contributed by atoms with van der Waals surface area (Å²) in [7, 11) is 2.27. The Hall–Kier alpha value is -0.440. The van der Waals surface area contributed by atoms with Crippen molar-refractivity contribution in [3.8, 4) is 0 Å². The number of hydrogen-bond acceptors (Lipinski definition) is 2. The van der Waals surface area contributed by atoms with Crippen molar-refractivity contribution in [1.29, 1.82) is 0 Å². The highest BCUT2D eigenvalue weighted by atomic mass is 35.5. The van der Waals surface area contributed by atoms with E-state index in [1.54, 1.807) is 0 Å². The Labute approximate surface area is 125 Å². The smallest absolute Gasteiger partial charge is 0.0509 e. The molecule has 2 aliphatic rings. The molecule has 1 aromatic carbocycles. The molecule has 104 valence electrons. The maximum Gasteiger partial charge on any atom is 0.0509 e. The maximum absolute atomic E-state index is 6.28. The summed E-state index contributed by atoms with van der Waals surface area (Å²) in [5.74, 6) is 0.482. The number of benzene rings is 1. The van der Waals surface area contributed by atoms with E-state index in [0.717, 1.165) is 29.7 Å². The van der Waals surface area contributed by atoms with Crippen LogP contribution >= 0.6 is 23.2 Å². The number of anilines is 1. The molecule has 0 radical (unpaired) electrons. The van der Waals surface area contributed by atoms with E-state index in [1.807, 2.05) is 12.1 Å². The zero-order valence-electron chi connectivity index (χ0n) is 11.3. The number of nitrogens with zero attached hydrogens (tertiary/aromatic N) is 2. The highest BCUT2D eigenvalue weighted by Gasteiger charge is 2.35. The Bertz CT molecular complexity index is 463. The number of halogens is 2. The summed E-state index contributed by atoms with van der Waals surface area (Å²) in [6.45, 7) is 2.20. The molecule has 0 aliphatic carbocycles. The van der Waals surface area contributed by atoms with Gasteiger partial charge in [-0.15, -0.1) is 11.6 Å². The Morgan fingerprint density at radius 3 is 2.79 bits per heavy atom. The average Bonchev–Trinajstić information content (AvgIpc) is 2.63. The first-order chi connectivity index (χ1) is 9.20. The van der Waals surface area contributed by atoms with Crippen LogP contribution in [0.4, 0.5) is 5.69 Å². The normalized spacial score (nSPS) is 27.6. The zero-order chi connectivity index (χ0) is 13.4. The van der Waals surface area contributed by atoms with Gasteiger partial charge in [0.15, 0.2) is 0 Å². The molecule has 2 atom stereocenters. The number of hydrogen-bond donors (Lipinski definition) is 0. The SMILES string of the molecule is CN1C2CCC1CN(c1cccc(Cl)c1CCl)CC2. The van der Waals surface area contributed by atoms with Crippen LogP contribution in [0.1, 0.15) is 24.8 Å². The molecule has 2 aliphatic heterocycles. The van der Waals surface area contributed by atoms with Crippen molar-refractivity contribution < 1.29 is 0 Å². The minimum Gasteiger partial charge on any atom is -0.370 e. The minimum absolute atomic E-state index is 0.482. The fourth-order valence-corrected chi connectivity index (χ4v) is 4.09. The van der Waals surface area contributed by atoms with Crippen LogP contribution < -0.4 is 4.90 Å². The number of alkyl halides is 1. The van der Waals surface area contributed by atoms with Crippen LogP contribution in [0.25, 0.3) is 0 Å². The third-order valence-electron chi connectivity index (χ3n) is 4.72. The van der Waals surface area contributed by atoms with E-state index >= 15 is 0 Å². The molecular weight excluding hydrogens is 279 g/mol. The lowest BCUT2D eigenvalue weighted by Gasteiger charge is -2.29. The van der Waals surface area contributed by atoms with Gasteiger partial charge < -0.3 is 4.90 Å². The average molecular weight is 299 g/mol. The minimum atomic E-state index is 0.482. The van der Waals surface area contributed by atoms with Crippen LogP contribution in [-0.4, -0.2) is 37.1 Å². The second kappa shape index (κ2) is 5.51. The van der Waals surface area contributed by atoms with Crippen molar-refractivity contribution in [3.63, 3.8) is 0 Å². The van der Waals surface area contributed by atoms with Gasteiger partial charge in [0.1, 0.15) is 0 Å². The van der Waals surface area contributed by atoms with Gasteiger partial charge in [-0.1, -0.05) is 17.7 Å². The first-order valence-corrected chi connectivity index (χ1v) is 7.92. The van der Waals surface area contributed by atoms with Gasteiger partial charge in [-0.2, -0.15) is 0 Å². The van der Waals surface area contributed by atoms with Gasteiger partial charge in [-0.3, -0.25) is 4.90 Å². The van der Waals surface area contributed by atoms with Crippen LogP contribution in [0.2, 0.25) is 5.02 Å². The lowest BCUT2D eigenvalue weighted by atomic mass is 10.1. The van der Waals surface area contributed by atoms with Gasteiger partial charge in [0.2, 0.25) is 0 Å². The molecule has 2 unspecified atom stereocenters. The summed E-state index contributed by atoms with van der Waals surface area (Å²) >= 11 is 12.4. The molecule has 2 saturated heterocycles. The summed E-state index contributed by atoms with van der Waals surface area (Å²) in [4.78, 5) is 5.04. The van der Waals surface area contributed by atoms with Crippen molar-refractivity contribution in [2.45, 2.75) is 37.2 Å². The molecular formula is C15H20Cl2N2. The molecule has 2 bridgehead atoms. The van der Waals surface area contributed by atoms with Crippen molar-refractivity contribution >= 4 is 28.9 Å². The van der Waals surface area contributed by atoms with Crippen molar-refractivity contribution in [1.82, 2.24) is 4.90 Å². The Balaban J connectivity index is 1.89. The standard InChI is InChI=1S/C15H20Cl2N2/c1-18-11-5-6-12(18)10-19(8-7-11)15-4-2-3-14(17)13(15)9-16/h2-4,11-12H,5-10H2,1H3. The van der Waals surface area contributed by atoms with Crippen LogP contribution in [0.5, 0.6) is 0 Å². The molecule has 0 aromatic heterocycles. The van der Waals surface area contributed by atoms with Crippen molar-refractivity contribution in [2.75, 3.05) is 25.0 Å². The highest BCUT2D eigenvalue weighted by molar-refractivity contribution is 6.32. The van der Waals surface area contributed by atoms with Gasteiger partial charge in [0.25, 0.3) is 0 Å². The van der Waals surface area contributed by atoms with E-state index in [-0.39, 0.29) is 0 Å². The summed E-state index contributed by atoms with van der Waals surface area (Å²) in [6.07, 6.45) is 3.91. The fraction of sp³-hybridized carbons (Fsp3) is 0.600. The molecule has 0 saturated carbocycles. The monoisotopic (exact) mass is 298 g/mol. The third kappa shape index (κ3) is 2.46. The quantitative estimate of drug-likeness (QED) is 0.767. The first-order valence-electron chi connectivity index (χ1n) is 7.01. The summed E-state index contributed by atoms with van der Waals surface area (Å²) in [6, 6.07) is 7.55. The molecule has 3 rings (SSSR count). The molecule has 0 spiro atoms. The molecule has 2 fully saturated rings. The molecule has 2 heterocycles. The maximum atomic E-state index is 6.28. The van der Waals surface area contributed by atoms with Crippen LogP contribution in [0.15, 0.2) is 18.2 Å². The first kappa shape index (κ1) is 13.5. The van der Waals surface area contributed by atoms with Crippen LogP contribution in [-0.2, 0) is 5.88 Å². The number of rotatable bonds is 2. The van der Waals surface area contributed by atoms with Crippen molar-refractivity contribution in [2.24, 2.45) is 0 Å². The Kier molecular flexibility index (Phi) is 3.93.